The number of nitrogens with zero attached hydrogens (tertiary/aromatic N) is 4. The van der Waals surface area contributed by atoms with Crippen LogP contribution in [-0.4, -0.2) is 46.6 Å². The Balaban J connectivity index is 1.42. The third kappa shape index (κ3) is 7.43. The Kier molecular flexibility index (Phi) is 9.40. The van der Waals surface area contributed by atoms with E-state index in [1.165, 1.54) is 22.8 Å². The van der Waals surface area contributed by atoms with E-state index >= 15 is 0 Å². The molecule has 0 amide bonds. The second kappa shape index (κ2) is 13.2. The fraction of sp³-hybridized carbons (Fsp3) is 0.312. The minimum Gasteiger partial charge on any atom is -0.406 e. The van der Waals surface area contributed by atoms with Gasteiger partial charge in [-0.15, -0.1) is 13.2 Å². The van der Waals surface area contributed by atoms with Gasteiger partial charge in [0.1, 0.15) is 23.1 Å². The molecule has 0 radical (unpaired) electrons. The van der Waals surface area contributed by atoms with Gasteiger partial charge in [-0.25, -0.2) is 13.6 Å². The van der Waals surface area contributed by atoms with E-state index in [9.17, 15) is 31.5 Å². The number of benzene rings is 3. The maximum atomic E-state index is 14.7. The first kappa shape index (κ1) is 31.9. The number of aromatic nitrogens is 2. The lowest BCUT2D eigenvalue weighted by atomic mass is 10.1. The Hall–Kier alpha value is -4.49. The van der Waals surface area contributed by atoms with Crippen molar-refractivity contribution >= 4 is 5.69 Å². The standard InChI is InChI=1S/C32H32F5N5O3/c1-21-29(40-16-14-39(15-17-40)18-22-10-12-24(13-11-22)45-32(35,36)37)30(43)42(20-28(38)23-6-3-2-4-7-23)31(44)41(21)19-25-26(33)8-5-9-27(25)34/h2-13,28H,14-20,38H2,1H3/t28-/m0/s1. The summed E-state index contributed by atoms with van der Waals surface area (Å²) < 4.78 is 73.0. The molecule has 2 N–H and O–H groups in total. The van der Waals surface area contributed by atoms with Crippen LogP contribution in [0.3, 0.4) is 0 Å². The Morgan fingerprint density at radius 2 is 1.44 bits per heavy atom. The Morgan fingerprint density at radius 1 is 0.822 bits per heavy atom. The maximum absolute atomic E-state index is 14.7. The molecule has 1 aliphatic rings. The van der Waals surface area contributed by atoms with E-state index in [1.54, 1.807) is 43.3 Å². The van der Waals surface area contributed by atoms with Crippen LogP contribution in [0.15, 0.2) is 82.4 Å². The molecule has 1 aromatic heterocycles. The normalized spacial score (nSPS) is 14.9. The van der Waals surface area contributed by atoms with Gasteiger partial charge in [0, 0.05) is 50.0 Å². The molecular weight excluding hydrogens is 597 g/mol. The van der Waals surface area contributed by atoms with Gasteiger partial charge in [0.05, 0.1) is 13.1 Å². The van der Waals surface area contributed by atoms with Gasteiger partial charge in [-0.1, -0.05) is 48.5 Å². The summed E-state index contributed by atoms with van der Waals surface area (Å²) in [4.78, 5) is 31.6. The quantitative estimate of drug-likeness (QED) is 0.273. The number of hydrogen-bond donors (Lipinski definition) is 1. The number of halogens is 5. The lowest BCUT2D eigenvalue weighted by molar-refractivity contribution is -0.274. The van der Waals surface area contributed by atoms with Gasteiger partial charge in [-0.2, -0.15) is 0 Å². The predicted octanol–water partition coefficient (Wildman–Crippen LogP) is 4.57. The number of ether oxygens (including phenoxy) is 1. The summed E-state index contributed by atoms with van der Waals surface area (Å²) in [6.07, 6.45) is -4.77. The molecule has 2 heterocycles. The lowest BCUT2D eigenvalue weighted by Gasteiger charge is -2.37. The van der Waals surface area contributed by atoms with E-state index in [4.69, 9.17) is 5.73 Å². The molecule has 13 heteroatoms. The number of piperazine rings is 1. The number of rotatable bonds is 9. The summed E-state index contributed by atoms with van der Waals surface area (Å²) in [5.41, 5.74) is 6.82. The molecule has 0 saturated carbocycles. The molecule has 3 aromatic carbocycles. The van der Waals surface area contributed by atoms with Crippen molar-refractivity contribution in [2.75, 3.05) is 31.1 Å². The Morgan fingerprint density at radius 3 is 2.04 bits per heavy atom. The van der Waals surface area contributed by atoms with E-state index in [0.717, 1.165) is 22.3 Å². The zero-order chi connectivity index (χ0) is 32.3. The van der Waals surface area contributed by atoms with Crippen molar-refractivity contribution in [1.82, 2.24) is 14.0 Å². The number of nitrogens with two attached hydrogens (primary N) is 1. The fourth-order valence-electron chi connectivity index (χ4n) is 5.53. The molecule has 5 rings (SSSR count). The van der Waals surface area contributed by atoms with Crippen LogP contribution in [0.25, 0.3) is 0 Å². The highest BCUT2D eigenvalue weighted by molar-refractivity contribution is 5.50. The molecule has 1 atom stereocenters. The van der Waals surface area contributed by atoms with Crippen molar-refractivity contribution < 1.29 is 26.7 Å². The highest BCUT2D eigenvalue weighted by Crippen LogP contribution is 2.24. The van der Waals surface area contributed by atoms with Gasteiger partial charge in [0.15, 0.2) is 0 Å². The fourth-order valence-corrected chi connectivity index (χ4v) is 5.53. The van der Waals surface area contributed by atoms with Crippen LogP contribution in [0, 0.1) is 18.6 Å². The van der Waals surface area contributed by atoms with Crippen molar-refractivity contribution in [2.45, 2.75) is 39.0 Å². The van der Waals surface area contributed by atoms with Gasteiger partial charge in [-0.3, -0.25) is 18.8 Å². The van der Waals surface area contributed by atoms with E-state index in [1.807, 2.05) is 11.0 Å². The first-order valence-electron chi connectivity index (χ1n) is 14.3. The highest BCUT2D eigenvalue weighted by atomic mass is 19.4. The predicted molar refractivity (Wildman–Crippen MR) is 159 cm³/mol. The van der Waals surface area contributed by atoms with Crippen LogP contribution in [-0.2, 0) is 19.6 Å². The monoisotopic (exact) mass is 629 g/mol. The number of anilines is 1. The van der Waals surface area contributed by atoms with Crippen molar-refractivity contribution in [2.24, 2.45) is 5.73 Å². The van der Waals surface area contributed by atoms with Crippen LogP contribution < -0.4 is 26.6 Å². The van der Waals surface area contributed by atoms with Crippen LogP contribution in [0.4, 0.5) is 27.6 Å². The average Bonchev–Trinajstić information content (AvgIpc) is 3.00. The molecule has 1 aliphatic heterocycles. The highest BCUT2D eigenvalue weighted by Gasteiger charge is 2.31. The van der Waals surface area contributed by atoms with Crippen molar-refractivity contribution in [3.8, 4) is 5.75 Å². The lowest BCUT2D eigenvalue weighted by Crippen LogP contribution is -2.51. The van der Waals surface area contributed by atoms with Crippen LogP contribution >= 0.6 is 0 Å². The molecular formula is C32H32F5N5O3. The van der Waals surface area contributed by atoms with Gasteiger partial charge >= 0.3 is 12.1 Å². The average molecular weight is 630 g/mol. The van der Waals surface area contributed by atoms with Crippen molar-refractivity contribution in [3.63, 3.8) is 0 Å². The molecule has 8 nitrogen and oxygen atoms in total. The second-order valence-corrected chi connectivity index (χ2v) is 10.9. The Bertz CT molecular complexity index is 1730. The van der Waals surface area contributed by atoms with E-state index in [0.29, 0.717) is 38.3 Å². The third-order valence-corrected chi connectivity index (χ3v) is 7.89. The summed E-state index contributed by atoms with van der Waals surface area (Å²) >= 11 is 0. The number of hydrogen-bond acceptors (Lipinski definition) is 6. The summed E-state index contributed by atoms with van der Waals surface area (Å²) in [5, 5.41) is 0. The summed E-state index contributed by atoms with van der Waals surface area (Å²) in [7, 11) is 0. The summed E-state index contributed by atoms with van der Waals surface area (Å²) in [5.74, 6) is -1.93. The first-order chi connectivity index (χ1) is 21.4. The molecule has 0 unspecified atom stereocenters. The van der Waals surface area contributed by atoms with Crippen molar-refractivity contribution in [3.05, 3.63) is 128 Å². The smallest absolute Gasteiger partial charge is 0.406 e. The minimum absolute atomic E-state index is 0.150. The molecule has 1 saturated heterocycles. The van der Waals surface area contributed by atoms with Crippen molar-refractivity contribution in [1.29, 1.82) is 0 Å². The van der Waals surface area contributed by atoms with E-state index in [2.05, 4.69) is 9.64 Å². The molecule has 0 spiro atoms. The molecule has 1 fully saturated rings. The minimum atomic E-state index is -4.77. The Labute approximate surface area is 255 Å². The van der Waals surface area contributed by atoms with Gasteiger partial charge < -0.3 is 15.4 Å². The van der Waals surface area contributed by atoms with E-state index < -0.39 is 41.8 Å². The zero-order valence-electron chi connectivity index (χ0n) is 24.4. The van der Waals surface area contributed by atoms with Gasteiger partial charge in [0.2, 0.25) is 0 Å². The molecule has 4 aromatic rings. The van der Waals surface area contributed by atoms with Gasteiger partial charge in [0.25, 0.3) is 5.56 Å². The first-order valence-corrected chi connectivity index (χ1v) is 14.3. The maximum Gasteiger partial charge on any atom is 0.573 e. The number of alkyl halides is 3. The second-order valence-electron chi connectivity index (χ2n) is 10.9. The zero-order valence-corrected chi connectivity index (χ0v) is 24.4. The molecule has 0 aliphatic carbocycles. The van der Waals surface area contributed by atoms with Crippen LogP contribution in [0.1, 0.15) is 28.4 Å². The topological polar surface area (TPSA) is 85.7 Å². The SMILES string of the molecule is Cc1c(N2CCN(Cc3ccc(OC(F)(F)F)cc3)CC2)c(=O)n(C[C@H](N)c2ccccc2)c(=O)n1Cc1c(F)cccc1F. The van der Waals surface area contributed by atoms with Crippen LogP contribution in [0.2, 0.25) is 0 Å². The third-order valence-electron chi connectivity index (χ3n) is 7.89. The largest absolute Gasteiger partial charge is 0.573 e. The molecule has 238 valence electrons. The molecule has 45 heavy (non-hydrogen) atoms. The summed E-state index contributed by atoms with van der Waals surface area (Å²) in [6, 6.07) is 17.4. The van der Waals surface area contributed by atoms with E-state index in [-0.39, 0.29) is 29.2 Å². The summed E-state index contributed by atoms with van der Waals surface area (Å²) in [6.45, 7) is 3.25. The van der Waals surface area contributed by atoms with Crippen LogP contribution in [0.5, 0.6) is 5.75 Å². The molecule has 0 bridgehead atoms. The van der Waals surface area contributed by atoms with Gasteiger partial charge in [-0.05, 0) is 42.3 Å².